The monoisotopic (exact) mass is 349 g/mol. The van der Waals surface area contributed by atoms with Crippen molar-refractivity contribution in [3.05, 3.63) is 34.9 Å². The molecule has 0 amide bonds. The van der Waals surface area contributed by atoms with Crippen molar-refractivity contribution in [1.82, 2.24) is 15.1 Å². The van der Waals surface area contributed by atoms with Crippen molar-refractivity contribution in [3.63, 3.8) is 0 Å². The summed E-state index contributed by atoms with van der Waals surface area (Å²) in [6.07, 6.45) is 3.38. The zero-order valence-corrected chi connectivity index (χ0v) is 15.2. The molecule has 6 heteroatoms. The minimum absolute atomic E-state index is 0.0742. The van der Waals surface area contributed by atoms with Gasteiger partial charge in [-0.3, -0.25) is 0 Å². The Balaban J connectivity index is 1.69. The van der Waals surface area contributed by atoms with Crippen LogP contribution in [0.3, 0.4) is 0 Å². The van der Waals surface area contributed by atoms with Gasteiger partial charge in [0, 0.05) is 30.3 Å². The van der Waals surface area contributed by atoms with Gasteiger partial charge < -0.3 is 14.9 Å². The van der Waals surface area contributed by atoms with Gasteiger partial charge in [0.25, 0.3) is 0 Å². The van der Waals surface area contributed by atoms with Gasteiger partial charge in [0.1, 0.15) is 5.75 Å². The van der Waals surface area contributed by atoms with Gasteiger partial charge >= 0.3 is 0 Å². The molecule has 2 aromatic rings. The number of nitrogens with zero attached hydrogens (tertiary/aromatic N) is 5. The third-order valence-corrected chi connectivity index (χ3v) is 5.62. The summed E-state index contributed by atoms with van der Waals surface area (Å²) in [5.74, 6) is 1.07. The third kappa shape index (κ3) is 2.78. The SMILES string of the molecule is Cc1c(-c2ccc(C#N)cc2O)nnc2c1CCN2[C@H]1CCCN(C)C1. The van der Waals surface area contributed by atoms with Crippen molar-refractivity contribution >= 4 is 5.82 Å². The minimum Gasteiger partial charge on any atom is -0.507 e. The van der Waals surface area contributed by atoms with Crippen molar-refractivity contribution in [2.45, 2.75) is 32.2 Å². The molecule has 0 unspecified atom stereocenters. The molecule has 2 aliphatic rings. The average molecular weight is 349 g/mol. The van der Waals surface area contributed by atoms with E-state index in [9.17, 15) is 5.11 Å². The van der Waals surface area contributed by atoms with E-state index >= 15 is 0 Å². The Morgan fingerprint density at radius 3 is 2.85 bits per heavy atom. The summed E-state index contributed by atoms with van der Waals surface area (Å²) in [4.78, 5) is 4.79. The molecule has 26 heavy (non-hydrogen) atoms. The third-order valence-electron chi connectivity index (χ3n) is 5.62. The number of anilines is 1. The van der Waals surface area contributed by atoms with Crippen LogP contribution >= 0.6 is 0 Å². The number of fused-ring (bicyclic) bond motifs is 1. The molecule has 1 N–H and O–H groups in total. The Morgan fingerprint density at radius 1 is 1.27 bits per heavy atom. The molecule has 6 nitrogen and oxygen atoms in total. The van der Waals surface area contributed by atoms with Crippen LogP contribution in [0.1, 0.15) is 29.5 Å². The zero-order chi connectivity index (χ0) is 18.3. The summed E-state index contributed by atoms with van der Waals surface area (Å²) in [7, 11) is 2.18. The number of aromatic nitrogens is 2. The lowest BCUT2D eigenvalue weighted by Crippen LogP contribution is -2.46. The largest absolute Gasteiger partial charge is 0.507 e. The Morgan fingerprint density at radius 2 is 2.12 bits per heavy atom. The normalized spacial score (nSPS) is 20.0. The molecule has 0 radical (unpaired) electrons. The lowest BCUT2D eigenvalue weighted by molar-refractivity contribution is 0.245. The summed E-state index contributed by atoms with van der Waals surface area (Å²) < 4.78 is 0. The Bertz CT molecular complexity index is 889. The second-order valence-electron chi connectivity index (χ2n) is 7.32. The number of piperidine rings is 1. The van der Waals surface area contributed by atoms with Crippen molar-refractivity contribution in [3.8, 4) is 23.1 Å². The molecule has 1 saturated heterocycles. The van der Waals surface area contributed by atoms with Gasteiger partial charge in [0.2, 0.25) is 0 Å². The van der Waals surface area contributed by atoms with Crippen molar-refractivity contribution in [2.24, 2.45) is 0 Å². The van der Waals surface area contributed by atoms with Gasteiger partial charge in [0.15, 0.2) is 5.82 Å². The molecule has 0 spiro atoms. The smallest absolute Gasteiger partial charge is 0.155 e. The highest BCUT2D eigenvalue weighted by Crippen LogP contribution is 2.37. The van der Waals surface area contributed by atoms with E-state index in [1.54, 1.807) is 12.1 Å². The number of phenols is 1. The number of likely N-dealkylation sites (N-methyl/N-ethyl adjacent to an activating group) is 1. The van der Waals surface area contributed by atoms with Crippen LogP contribution in [0.25, 0.3) is 11.3 Å². The maximum absolute atomic E-state index is 10.3. The number of phenolic OH excluding ortho intramolecular Hbond substituents is 1. The highest BCUT2D eigenvalue weighted by atomic mass is 16.3. The zero-order valence-electron chi connectivity index (χ0n) is 15.2. The first-order valence-corrected chi connectivity index (χ1v) is 9.13. The quantitative estimate of drug-likeness (QED) is 0.898. The molecular weight excluding hydrogens is 326 g/mol. The first kappa shape index (κ1) is 16.8. The van der Waals surface area contributed by atoms with E-state index < -0.39 is 0 Å². The van der Waals surface area contributed by atoms with Crippen LogP contribution in [-0.4, -0.2) is 52.9 Å². The molecule has 134 valence electrons. The number of nitriles is 1. The molecule has 0 aliphatic carbocycles. The Labute approximate surface area is 153 Å². The van der Waals surface area contributed by atoms with Gasteiger partial charge in [-0.15, -0.1) is 10.2 Å². The van der Waals surface area contributed by atoms with Crippen molar-refractivity contribution in [1.29, 1.82) is 5.26 Å². The van der Waals surface area contributed by atoms with E-state index in [2.05, 4.69) is 34.0 Å². The first-order chi connectivity index (χ1) is 12.6. The van der Waals surface area contributed by atoms with Gasteiger partial charge in [-0.25, -0.2) is 0 Å². The van der Waals surface area contributed by atoms with E-state index in [0.717, 1.165) is 30.9 Å². The van der Waals surface area contributed by atoms with E-state index in [0.29, 0.717) is 22.9 Å². The van der Waals surface area contributed by atoms with Gasteiger partial charge in [-0.05, 0) is 63.5 Å². The van der Waals surface area contributed by atoms with Crippen LogP contribution < -0.4 is 4.90 Å². The Hall–Kier alpha value is -2.65. The van der Waals surface area contributed by atoms with E-state index in [-0.39, 0.29) is 5.75 Å². The fourth-order valence-corrected chi connectivity index (χ4v) is 4.22. The highest BCUT2D eigenvalue weighted by molar-refractivity contribution is 5.73. The molecule has 1 aromatic carbocycles. The number of hydrogen-bond acceptors (Lipinski definition) is 6. The maximum Gasteiger partial charge on any atom is 0.155 e. The standard InChI is InChI=1S/C20H23N5O/c1-13-16-7-9-25(15-4-3-8-24(2)12-15)20(16)23-22-19(13)17-6-5-14(11-21)10-18(17)26/h5-6,10,15,26H,3-4,7-9,12H2,1-2H3/t15-/m0/s1. The molecular formula is C20H23N5O. The highest BCUT2D eigenvalue weighted by Gasteiger charge is 2.32. The molecule has 1 aromatic heterocycles. The van der Waals surface area contributed by atoms with Crippen LogP contribution in [0.4, 0.5) is 5.82 Å². The van der Waals surface area contributed by atoms with Crippen LogP contribution in [0.5, 0.6) is 5.75 Å². The van der Waals surface area contributed by atoms with E-state index in [1.165, 1.54) is 31.0 Å². The fourth-order valence-electron chi connectivity index (χ4n) is 4.22. The van der Waals surface area contributed by atoms with Crippen LogP contribution in [0.2, 0.25) is 0 Å². The van der Waals surface area contributed by atoms with Crippen molar-refractivity contribution in [2.75, 3.05) is 31.6 Å². The summed E-state index contributed by atoms with van der Waals surface area (Å²) in [6.45, 7) is 5.26. The Kier molecular flexibility index (Phi) is 4.25. The van der Waals surface area contributed by atoms with Crippen LogP contribution in [0, 0.1) is 18.3 Å². The number of aromatic hydroxyl groups is 1. The fraction of sp³-hybridized carbons (Fsp3) is 0.450. The number of rotatable bonds is 2. The molecule has 1 atom stereocenters. The number of hydrogen-bond donors (Lipinski definition) is 1. The average Bonchev–Trinajstić information content (AvgIpc) is 3.07. The second-order valence-corrected chi connectivity index (χ2v) is 7.32. The lowest BCUT2D eigenvalue weighted by Gasteiger charge is -2.36. The van der Waals surface area contributed by atoms with Gasteiger partial charge in [-0.2, -0.15) is 5.26 Å². The van der Waals surface area contributed by atoms with E-state index in [1.807, 2.05) is 6.07 Å². The minimum atomic E-state index is 0.0742. The number of likely N-dealkylation sites (tertiary alicyclic amines) is 1. The molecule has 1 fully saturated rings. The molecule has 0 saturated carbocycles. The van der Waals surface area contributed by atoms with E-state index in [4.69, 9.17) is 5.26 Å². The summed E-state index contributed by atoms with van der Waals surface area (Å²) >= 11 is 0. The lowest BCUT2D eigenvalue weighted by atomic mass is 10.0. The number of benzene rings is 1. The first-order valence-electron chi connectivity index (χ1n) is 9.13. The summed E-state index contributed by atoms with van der Waals surface area (Å²) in [5, 5.41) is 28.3. The van der Waals surface area contributed by atoms with Crippen molar-refractivity contribution < 1.29 is 5.11 Å². The topological polar surface area (TPSA) is 76.3 Å². The van der Waals surface area contributed by atoms with Crippen LogP contribution in [-0.2, 0) is 6.42 Å². The molecule has 3 heterocycles. The van der Waals surface area contributed by atoms with Crippen LogP contribution in [0.15, 0.2) is 18.2 Å². The summed E-state index contributed by atoms with van der Waals surface area (Å²) in [6, 6.07) is 7.47. The maximum atomic E-state index is 10.3. The predicted octanol–water partition coefficient (Wildman–Crippen LogP) is 2.49. The van der Waals surface area contributed by atoms with Gasteiger partial charge in [-0.1, -0.05) is 0 Å². The molecule has 2 aliphatic heterocycles. The molecule has 4 rings (SSSR count). The molecule has 0 bridgehead atoms. The summed E-state index contributed by atoms with van der Waals surface area (Å²) in [5.41, 5.74) is 4.07. The predicted molar refractivity (Wildman–Crippen MR) is 100 cm³/mol. The van der Waals surface area contributed by atoms with Gasteiger partial charge in [0.05, 0.1) is 17.3 Å². The second kappa shape index (κ2) is 6.58.